The van der Waals surface area contributed by atoms with Gasteiger partial charge in [-0.05, 0) is 48.4 Å². The highest BCUT2D eigenvalue weighted by Crippen LogP contribution is 2.51. The first-order valence-corrected chi connectivity index (χ1v) is 13.6. The smallest absolute Gasteiger partial charge is 0.256 e. The van der Waals surface area contributed by atoms with Crippen molar-refractivity contribution >= 4 is 16.9 Å². The molecule has 3 aromatic carbocycles. The molecule has 5 aromatic rings. The monoisotopic (exact) mass is 515 g/mol. The normalized spacial score (nSPS) is 16.1. The zero-order chi connectivity index (χ0) is 26.4. The molecule has 3 heterocycles. The number of fused-ring (bicyclic) bond motifs is 2. The number of aromatic nitrogens is 2. The number of para-hydroxylation sites is 1. The summed E-state index contributed by atoms with van der Waals surface area (Å²) in [6, 6.07) is 26.3. The Hall–Kier alpha value is -4.45. The van der Waals surface area contributed by atoms with E-state index >= 15 is 0 Å². The van der Waals surface area contributed by atoms with Crippen molar-refractivity contribution in [3.63, 3.8) is 0 Å². The van der Waals surface area contributed by atoms with Gasteiger partial charge in [0.05, 0.1) is 35.9 Å². The molecule has 6 heteroatoms. The summed E-state index contributed by atoms with van der Waals surface area (Å²) < 4.78 is 5.72. The molecule has 0 bridgehead atoms. The van der Waals surface area contributed by atoms with Gasteiger partial charge in [0.2, 0.25) is 5.91 Å². The van der Waals surface area contributed by atoms with Crippen LogP contribution in [0.5, 0.6) is 0 Å². The number of H-pyrrole nitrogens is 1. The molecule has 2 aliphatic rings. The van der Waals surface area contributed by atoms with E-state index in [1.165, 1.54) is 5.56 Å². The largest absolute Gasteiger partial charge is 0.464 e. The maximum Gasteiger partial charge on any atom is 0.256 e. The van der Waals surface area contributed by atoms with Crippen LogP contribution in [-0.2, 0) is 29.6 Å². The predicted octanol–water partition coefficient (Wildman–Crippen LogP) is 5.78. The number of hydrogen-bond donors (Lipinski definition) is 1. The first kappa shape index (κ1) is 23.7. The zero-order valence-corrected chi connectivity index (χ0v) is 21.7. The Morgan fingerprint density at radius 2 is 1.82 bits per heavy atom. The Morgan fingerprint density at radius 1 is 1.00 bits per heavy atom. The maximum atomic E-state index is 13.4. The van der Waals surface area contributed by atoms with Crippen molar-refractivity contribution in [3.8, 4) is 11.1 Å². The Kier molecular flexibility index (Phi) is 5.69. The highest BCUT2D eigenvalue weighted by molar-refractivity contribution is 5.94. The molecule has 1 amide bonds. The summed E-state index contributed by atoms with van der Waals surface area (Å²) in [5.41, 5.74) is 6.15. The van der Waals surface area contributed by atoms with Crippen LogP contribution in [0.3, 0.4) is 0 Å². The molecule has 194 valence electrons. The minimum Gasteiger partial charge on any atom is -0.464 e. The van der Waals surface area contributed by atoms with E-state index < -0.39 is 0 Å². The van der Waals surface area contributed by atoms with Crippen LogP contribution in [-0.4, -0.2) is 27.3 Å². The van der Waals surface area contributed by atoms with Crippen molar-refractivity contribution < 1.29 is 9.21 Å². The molecule has 1 aliphatic heterocycles. The number of carbonyl (C=O) groups is 1. The number of carbonyl (C=O) groups excluding carboxylic acids is 1. The topological polar surface area (TPSA) is 79.2 Å². The van der Waals surface area contributed by atoms with E-state index in [4.69, 9.17) is 9.40 Å². The third-order valence-corrected chi connectivity index (χ3v) is 8.25. The van der Waals surface area contributed by atoms with Crippen LogP contribution in [0.2, 0.25) is 0 Å². The van der Waals surface area contributed by atoms with Gasteiger partial charge in [0.25, 0.3) is 5.56 Å². The number of furan rings is 1. The lowest BCUT2D eigenvalue weighted by molar-refractivity contribution is -0.131. The average molecular weight is 516 g/mol. The number of hydrogen-bond acceptors (Lipinski definition) is 4. The average Bonchev–Trinajstić information content (AvgIpc) is 3.71. The van der Waals surface area contributed by atoms with Crippen molar-refractivity contribution in [2.45, 2.75) is 44.1 Å². The molecule has 0 spiro atoms. The van der Waals surface area contributed by atoms with Gasteiger partial charge in [-0.3, -0.25) is 9.59 Å². The Morgan fingerprint density at radius 3 is 2.67 bits per heavy atom. The fraction of sp³-hybridized carbons (Fsp3) is 0.242. The standard InChI is InChI=1S/C33H29N3O3/c37-30(19-22-8-6-9-23(18-22)27-21-39-29-14-5-4-12-25(27)29)36-17-7-13-28-26(20-36)31(38)35-32(34-28)33(15-16-33)24-10-2-1-3-11-24/h1-6,8-12,14,18,21H,7,13,15-17,19-20H2,(H,34,35,38). The molecule has 0 saturated heterocycles. The van der Waals surface area contributed by atoms with Gasteiger partial charge in [-0.2, -0.15) is 0 Å². The molecule has 1 N–H and O–H groups in total. The molecule has 0 unspecified atom stereocenters. The summed E-state index contributed by atoms with van der Waals surface area (Å²) in [6.45, 7) is 0.904. The third kappa shape index (κ3) is 4.26. The van der Waals surface area contributed by atoms with Crippen LogP contribution < -0.4 is 5.56 Å². The second kappa shape index (κ2) is 9.38. The Labute approximate surface area is 226 Å². The summed E-state index contributed by atoms with van der Waals surface area (Å²) in [6.07, 6.45) is 5.50. The number of aromatic amines is 1. The number of aryl methyl sites for hydroxylation is 1. The van der Waals surface area contributed by atoms with Gasteiger partial charge in [-0.1, -0.05) is 72.8 Å². The highest BCUT2D eigenvalue weighted by Gasteiger charge is 2.48. The molecule has 1 saturated carbocycles. The molecule has 2 aromatic heterocycles. The van der Waals surface area contributed by atoms with E-state index in [1.807, 2.05) is 65.6 Å². The van der Waals surface area contributed by atoms with E-state index in [0.29, 0.717) is 25.1 Å². The van der Waals surface area contributed by atoms with Crippen molar-refractivity contribution in [1.29, 1.82) is 0 Å². The van der Waals surface area contributed by atoms with E-state index in [9.17, 15) is 9.59 Å². The van der Waals surface area contributed by atoms with Crippen molar-refractivity contribution in [2.24, 2.45) is 0 Å². The van der Waals surface area contributed by atoms with E-state index in [2.05, 4.69) is 23.2 Å². The quantitative estimate of drug-likeness (QED) is 0.322. The van der Waals surface area contributed by atoms with Crippen LogP contribution in [0, 0.1) is 0 Å². The molecule has 6 nitrogen and oxygen atoms in total. The first-order chi connectivity index (χ1) is 19.1. The van der Waals surface area contributed by atoms with Gasteiger partial charge in [-0.25, -0.2) is 4.98 Å². The van der Waals surface area contributed by atoms with Crippen molar-refractivity contribution in [2.75, 3.05) is 6.54 Å². The lowest BCUT2D eigenvalue weighted by Gasteiger charge is -2.21. The number of rotatable bonds is 5. The minimum absolute atomic E-state index is 0.0171. The van der Waals surface area contributed by atoms with Gasteiger partial charge in [0.1, 0.15) is 11.4 Å². The maximum absolute atomic E-state index is 13.4. The predicted molar refractivity (Wildman–Crippen MR) is 150 cm³/mol. The summed E-state index contributed by atoms with van der Waals surface area (Å²) in [7, 11) is 0. The summed E-state index contributed by atoms with van der Waals surface area (Å²) in [5, 5.41) is 1.05. The highest BCUT2D eigenvalue weighted by atomic mass is 16.3. The molecule has 0 atom stereocenters. The fourth-order valence-electron chi connectivity index (χ4n) is 5.94. The van der Waals surface area contributed by atoms with E-state index in [1.54, 1.807) is 6.26 Å². The number of benzene rings is 3. The van der Waals surface area contributed by atoms with Crippen LogP contribution in [0.4, 0.5) is 0 Å². The van der Waals surface area contributed by atoms with Crippen molar-refractivity contribution in [1.82, 2.24) is 14.9 Å². The second-order valence-electron chi connectivity index (χ2n) is 10.7. The second-order valence-corrected chi connectivity index (χ2v) is 10.7. The molecular formula is C33H29N3O3. The van der Waals surface area contributed by atoms with E-state index in [0.717, 1.165) is 58.4 Å². The summed E-state index contributed by atoms with van der Waals surface area (Å²) in [5.74, 6) is 0.782. The Balaban J connectivity index is 1.12. The van der Waals surface area contributed by atoms with Gasteiger partial charge in [0.15, 0.2) is 0 Å². The Bertz CT molecular complexity index is 1750. The molecular weight excluding hydrogens is 486 g/mol. The zero-order valence-electron chi connectivity index (χ0n) is 21.7. The first-order valence-electron chi connectivity index (χ1n) is 13.6. The minimum atomic E-state index is -0.192. The van der Waals surface area contributed by atoms with E-state index in [-0.39, 0.29) is 23.3 Å². The molecule has 7 rings (SSSR count). The van der Waals surface area contributed by atoms with Gasteiger partial charge in [0, 0.05) is 17.5 Å². The molecule has 0 radical (unpaired) electrons. The SMILES string of the molecule is O=C(Cc1cccc(-c2coc3ccccc23)c1)N1CCCc2nc(C3(c4ccccc4)CC3)[nH]c(=O)c2C1. The van der Waals surface area contributed by atoms with Gasteiger partial charge >= 0.3 is 0 Å². The van der Waals surface area contributed by atoms with Crippen LogP contribution in [0.1, 0.15) is 47.5 Å². The third-order valence-electron chi connectivity index (χ3n) is 8.25. The molecule has 39 heavy (non-hydrogen) atoms. The lowest BCUT2D eigenvalue weighted by Crippen LogP contribution is -2.34. The van der Waals surface area contributed by atoms with Crippen LogP contribution in [0.25, 0.3) is 22.1 Å². The molecule has 1 fully saturated rings. The summed E-state index contributed by atoms with van der Waals surface area (Å²) in [4.78, 5) is 36.7. The number of nitrogens with one attached hydrogen (secondary N) is 1. The summed E-state index contributed by atoms with van der Waals surface area (Å²) >= 11 is 0. The van der Waals surface area contributed by atoms with Crippen LogP contribution >= 0.6 is 0 Å². The molecule has 1 aliphatic carbocycles. The van der Waals surface area contributed by atoms with Crippen molar-refractivity contribution in [3.05, 3.63) is 124 Å². The fourth-order valence-corrected chi connectivity index (χ4v) is 5.94. The lowest BCUT2D eigenvalue weighted by atomic mass is 9.94. The van der Waals surface area contributed by atoms with Crippen LogP contribution in [0.15, 0.2) is 94.3 Å². The van der Waals surface area contributed by atoms with Gasteiger partial charge < -0.3 is 14.3 Å². The number of amides is 1. The van der Waals surface area contributed by atoms with Gasteiger partial charge in [-0.15, -0.1) is 0 Å². The number of nitrogens with zero attached hydrogens (tertiary/aromatic N) is 2.